The minimum absolute atomic E-state index is 0.109. The quantitative estimate of drug-likeness (QED) is 0.682. The summed E-state index contributed by atoms with van der Waals surface area (Å²) in [5, 5.41) is 30.0. The summed E-state index contributed by atoms with van der Waals surface area (Å²) < 4.78 is 5.44. The van der Waals surface area contributed by atoms with Gasteiger partial charge in [-0.25, -0.2) is 0 Å². The summed E-state index contributed by atoms with van der Waals surface area (Å²) in [5.41, 5.74) is 0.668. The van der Waals surface area contributed by atoms with E-state index in [1.807, 2.05) is 0 Å². The molecule has 2 aromatic rings. The van der Waals surface area contributed by atoms with E-state index in [2.05, 4.69) is 0 Å². The monoisotopic (exact) mass is 328 g/mol. The third-order valence-corrected chi connectivity index (χ3v) is 5.12. The van der Waals surface area contributed by atoms with Crippen LogP contribution in [0, 0.1) is 0 Å². The molecule has 0 aliphatic heterocycles. The molecule has 4 rings (SSSR count). The molecule has 6 heteroatoms. The van der Waals surface area contributed by atoms with Gasteiger partial charge in [0.05, 0.1) is 24.5 Å². The minimum atomic E-state index is -1.48. The zero-order valence-electron chi connectivity index (χ0n) is 13.0. The Balaban J connectivity index is 2.03. The number of Topliss-reactive ketones (excluding diaryl/α,β-unsaturated/α-hetero) is 2. The summed E-state index contributed by atoms with van der Waals surface area (Å²) in [6.07, 6.45) is 1.03. The van der Waals surface area contributed by atoms with Crippen molar-refractivity contribution >= 4 is 11.6 Å². The number of fused-ring (bicyclic) bond motifs is 5. The lowest BCUT2D eigenvalue weighted by molar-refractivity contribution is -0.0765. The normalized spacial score (nSPS) is 25.2. The number of furan rings is 1. The van der Waals surface area contributed by atoms with Gasteiger partial charge >= 0.3 is 0 Å². The highest BCUT2D eigenvalue weighted by Crippen LogP contribution is 2.44. The molecule has 1 heterocycles. The summed E-state index contributed by atoms with van der Waals surface area (Å²) in [6, 6.07) is 3.28. The molecule has 3 N–H and O–H groups in total. The van der Waals surface area contributed by atoms with Crippen molar-refractivity contribution in [3.05, 3.63) is 46.2 Å². The fourth-order valence-electron chi connectivity index (χ4n) is 3.76. The molecular weight excluding hydrogens is 312 g/mol. The minimum Gasteiger partial charge on any atom is -0.463 e. The van der Waals surface area contributed by atoms with Gasteiger partial charge in [0.1, 0.15) is 11.4 Å². The third-order valence-electron chi connectivity index (χ3n) is 5.12. The number of hydrogen-bond donors (Lipinski definition) is 3. The van der Waals surface area contributed by atoms with Crippen LogP contribution in [0.25, 0.3) is 11.3 Å². The van der Waals surface area contributed by atoms with Crippen molar-refractivity contribution in [1.29, 1.82) is 0 Å². The second-order valence-electron chi connectivity index (χ2n) is 6.50. The molecule has 2 atom stereocenters. The first kappa shape index (κ1) is 15.3. The molecule has 124 valence electrons. The first-order valence-corrected chi connectivity index (χ1v) is 7.75. The number of ketones is 2. The van der Waals surface area contributed by atoms with E-state index >= 15 is 0 Å². The SMILES string of the molecule is C[C@]1(O)c2ccc3c(c2CC[C@@H]1O)C(=O)C(=O)c1c(CO)coc1-3. The summed E-state index contributed by atoms with van der Waals surface area (Å²) in [7, 11) is 0. The number of hydrogen-bond acceptors (Lipinski definition) is 6. The number of rotatable bonds is 1. The van der Waals surface area contributed by atoms with Gasteiger partial charge in [0, 0.05) is 16.7 Å². The Morgan fingerprint density at radius 3 is 2.67 bits per heavy atom. The Kier molecular flexibility index (Phi) is 3.09. The van der Waals surface area contributed by atoms with Gasteiger partial charge < -0.3 is 19.7 Å². The second kappa shape index (κ2) is 4.86. The van der Waals surface area contributed by atoms with Crippen molar-refractivity contribution in [2.24, 2.45) is 0 Å². The lowest BCUT2D eigenvalue weighted by atomic mass is 9.73. The van der Waals surface area contributed by atoms with Gasteiger partial charge in [0.2, 0.25) is 11.6 Å². The first-order valence-electron chi connectivity index (χ1n) is 7.75. The summed E-state index contributed by atoms with van der Waals surface area (Å²) in [4.78, 5) is 25.2. The van der Waals surface area contributed by atoms with E-state index in [0.29, 0.717) is 29.5 Å². The van der Waals surface area contributed by atoms with Crippen LogP contribution in [-0.4, -0.2) is 33.0 Å². The third kappa shape index (κ3) is 1.76. The molecular formula is C18H16O6. The van der Waals surface area contributed by atoms with Gasteiger partial charge in [-0.15, -0.1) is 0 Å². The maximum Gasteiger partial charge on any atom is 0.237 e. The predicted molar refractivity (Wildman–Crippen MR) is 82.6 cm³/mol. The van der Waals surface area contributed by atoms with E-state index in [9.17, 15) is 24.9 Å². The Morgan fingerprint density at radius 2 is 1.96 bits per heavy atom. The second-order valence-corrected chi connectivity index (χ2v) is 6.50. The molecule has 0 bridgehead atoms. The zero-order chi connectivity index (χ0) is 17.2. The summed E-state index contributed by atoms with van der Waals surface area (Å²) >= 11 is 0. The van der Waals surface area contributed by atoms with Gasteiger partial charge in [-0.1, -0.05) is 12.1 Å². The van der Waals surface area contributed by atoms with Crippen molar-refractivity contribution in [3.63, 3.8) is 0 Å². The van der Waals surface area contributed by atoms with Crippen molar-refractivity contribution < 1.29 is 29.3 Å². The van der Waals surface area contributed by atoms with Gasteiger partial charge in [0.15, 0.2) is 0 Å². The maximum atomic E-state index is 12.7. The average molecular weight is 328 g/mol. The van der Waals surface area contributed by atoms with Crippen LogP contribution in [0.5, 0.6) is 0 Å². The molecule has 2 aliphatic rings. The molecule has 0 spiro atoms. The molecule has 1 aromatic heterocycles. The maximum absolute atomic E-state index is 12.7. The number of carbonyl (C=O) groups excluding carboxylic acids is 2. The molecule has 0 saturated carbocycles. The van der Waals surface area contributed by atoms with Crippen LogP contribution in [0.3, 0.4) is 0 Å². The van der Waals surface area contributed by atoms with Crippen LogP contribution >= 0.6 is 0 Å². The highest BCUT2D eigenvalue weighted by molar-refractivity contribution is 6.53. The van der Waals surface area contributed by atoms with E-state index in [1.54, 1.807) is 12.1 Å². The molecule has 24 heavy (non-hydrogen) atoms. The first-order chi connectivity index (χ1) is 11.4. The summed E-state index contributed by atoms with van der Waals surface area (Å²) in [6.45, 7) is 1.11. The Hall–Kier alpha value is -2.28. The molecule has 0 fully saturated rings. The average Bonchev–Trinajstić information content (AvgIpc) is 2.99. The molecule has 2 aliphatic carbocycles. The van der Waals surface area contributed by atoms with Crippen LogP contribution in [0.15, 0.2) is 22.8 Å². The van der Waals surface area contributed by atoms with Gasteiger partial charge in [-0.3, -0.25) is 9.59 Å². The van der Waals surface area contributed by atoms with E-state index in [-0.39, 0.29) is 29.1 Å². The van der Waals surface area contributed by atoms with Crippen molar-refractivity contribution in [1.82, 2.24) is 0 Å². The van der Waals surface area contributed by atoms with Crippen LogP contribution in [-0.2, 0) is 18.6 Å². The Morgan fingerprint density at radius 1 is 1.25 bits per heavy atom. The number of benzene rings is 1. The van der Waals surface area contributed by atoms with Crippen LogP contribution in [0.4, 0.5) is 0 Å². The van der Waals surface area contributed by atoms with E-state index in [1.165, 1.54) is 13.2 Å². The Bertz CT molecular complexity index is 889. The fraction of sp³-hybridized carbons (Fsp3) is 0.333. The molecule has 0 saturated heterocycles. The van der Waals surface area contributed by atoms with Crippen LogP contribution in [0.2, 0.25) is 0 Å². The van der Waals surface area contributed by atoms with Gasteiger partial charge in [0.25, 0.3) is 0 Å². The van der Waals surface area contributed by atoms with Gasteiger partial charge in [-0.2, -0.15) is 0 Å². The number of carbonyl (C=O) groups is 2. The van der Waals surface area contributed by atoms with Crippen molar-refractivity contribution in [3.8, 4) is 11.3 Å². The molecule has 0 amide bonds. The number of aliphatic hydroxyl groups excluding tert-OH is 2. The molecule has 0 radical (unpaired) electrons. The lowest BCUT2D eigenvalue weighted by Crippen LogP contribution is -2.42. The lowest BCUT2D eigenvalue weighted by Gasteiger charge is -2.37. The summed E-state index contributed by atoms with van der Waals surface area (Å²) in [5.74, 6) is -1.11. The van der Waals surface area contributed by atoms with Crippen molar-refractivity contribution in [2.45, 2.75) is 38.1 Å². The van der Waals surface area contributed by atoms with Crippen molar-refractivity contribution in [2.75, 3.05) is 0 Å². The van der Waals surface area contributed by atoms with E-state index in [0.717, 1.165) is 0 Å². The highest BCUT2D eigenvalue weighted by atomic mass is 16.3. The van der Waals surface area contributed by atoms with E-state index in [4.69, 9.17) is 4.42 Å². The number of aliphatic hydroxyl groups is 3. The Labute approximate surface area is 137 Å². The van der Waals surface area contributed by atoms with Crippen LogP contribution < -0.4 is 0 Å². The standard InChI is InChI=1S/C18H16O6/c1-18(23)11-4-2-10-14(9(11)3-5-12(18)20)16(22)15(21)13-8(6-19)7-24-17(10)13/h2,4,7,12,19-20,23H,3,5-6H2,1H3/t12-,18-/m0/s1. The van der Waals surface area contributed by atoms with Gasteiger partial charge in [-0.05, 0) is 30.9 Å². The smallest absolute Gasteiger partial charge is 0.237 e. The highest BCUT2D eigenvalue weighted by Gasteiger charge is 2.43. The molecule has 0 unspecified atom stereocenters. The fourth-order valence-corrected chi connectivity index (χ4v) is 3.76. The van der Waals surface area contributed by atoms with E-state index < -0.39 is 23.3 Å². The molecule has 6 nitrogen and oxygen atoms in total. The van der Waals surface area contributed by atoms with Crippen LogP contribution in [0.1, 0.15) is 50.8 Å². The topological polar surface area (TPSA) is 108 Å². The largest absolute Gasteiger partial charge is 0.463 e. The zero-order valence-corrected chi connectivity index (χ0v) is 13.0. The molecule has 1 aromatic carbocycles. The predicted octanol–water partition coefficient (Wildman–Crippen LogP) is 1.33.